The van der Waals surface area contributed by atoms with Crippen LogP contribution in [0.3, 0.4) is 0 Å². The number of urea groups is 1. The number of nitrogens with one attached hydrogen (secondary N) is 2. The van der Waals surface area contributed by atoms with E-state index < -0.39 is 15.3 Å². The summed E-state index contributed by atoms with van der Waals surface area (Å²) in [6, 6.07) is 18.9. The van der Waals surface area contributed by atoms with Gasteiger partial charge in [-0.15, -0.1) is 0 Å². The highest BCUT2D eigenvalue weighted by Crippen LogP contribution is 2.30. The van der Waals surface area contributed by atoms with Gasteiger partial charge in [-0.05, 0) is 25.0 Å². The molecule has 3 aromatic rings. The number of amides is 2. The van der Waals surface area contributed by atoms with Crippen LogP contribution < -0.4 is 10.6 Å². The third-order valence-electron chi connectivity index (χ3n) is 5.41. The fraction of sp³-hybridized carbons (Fsp3) is 0.304. The van der Waals surface area contributed by atoms with Crippen LogP contribution in [0.4, 0.5) is 9.93 Å². The number of benzene rings is 2. The minimum absolute atomic E-state index is 0.299. The van der Waals surface area contributed by atoms with E-state index in [1.54, 1.807) is 13.8 Å². The van der Waals surface area contributed by atoms with E-state index in [2.05, 4.69) is 15.6 Å². The largest absolute Gasteiger partial charge is 0.327 e. The molecule has 0 radical (unpaired) electrons. The highest BCUT2D eigenvalue weighted by atomic mass is 32.2. The van der Waals surface area contributed by atoms with E-state index in [9.17, 15) is 13.2 Å². The van der Waals surface area contributed by atoms with E-state index in [1.807, 2.05) is 60.7 Å². The van der Waals surface area contributed by atoms with Crippen molar-refractivity contribution in [3.05, 3.63) is 82.4 Å². The molecule has 2 heterocycles. The monoisotopic (exact) mass is 470 g/mol. The van der Waals surface area contributed by atoms with Crippen LogP contribution in [0.5, 0.6) is 0 Å². The molecule has 1 aliphatic heterocycles. The van der Waals surface area contributed by atoms with Crippen molar-refractivity contribution in [3.63, 3.8) is 0 Å². The minimum atomic E-state index is -3.32. The molecular weight excluding hydrogens is 444 g/mol. The van der Waals surface area contributed by atoms with Crippen LogP contribution >= 0.6 is 11.3 Å². The lowest BCUT2D eigenvalue weighted by Crippen LogP contribution is -2.39. The first-order chi connectivity index (χ1) is 15.3. The smallest absolute Gasteiger partial charge is 0.321 e. The number of thiazole rings is 1. The Labute approximate surface area is 192 Å². The molecule has 1 aliphatic rings. The Bertz CT molecular complexity index is 1140. The number of hydrogen-bond donors (Lipinski definition) is 2. The molecule has 2 amide bonds. The average molecular weight is 471 g/mol. The van der Waals surface area contributed by atoms with Crippen molar-refractivity contribution >= 4 is 32.5 Å². The number of carbonyl (C=O) groups excluding carboxylic acids is 1. The van der Waals surface area contributed by atoms with Crippen molar-refractivity contribution in [1.29, 1.82) is 0 Å². The zero-order chi connectivity index (χ0) is 22.7. The van der Waals surface area contributed by atoms with Gasteiger partial charge in [-0.2, -0.15) is 4.31 Å². The van der Waals surface area contributed by atoms with Crippen molar-refractivity contribution in [2.24, 2.45) is 0 Å². The van der Waals surface area contributed by atoms with E-state index in [0.717, 1.165) is 21.7 Å². The molecule has 2 aromatic carbocycles. The summed E-state index contributed by atoms with van der Waals surface area (Å²) in [5.74, 6) is 0. The fourth-order valence-electron chi connectivity index (χ4n) is 3.66. The summed E-state index contributed by atoms with van der Waals surface area (Å²) < 4.78 is 26.5. The molecule has 0 unspecified atom stereocenters. The number of carbonyl (C=O) groups is 1. The number of rotatable bonds is 6. The topological polar surface area (TPSA) is 91.4 Å². The Balaban J connectivity index is 1.48. The summed E-state index contributed by atoms with van der Waals surface area (Å²) >= 11 is 1.32. The molecule has 4 rings (SSSR count). The van der Waals surface area contributed by atoms with E-state index in [4.69, 9.17) is 0 Å². The fourth-order valence-corrected chi connectivity index (χ4v) is 6.01. The lowest BCUT2D eigenvalue weighted by Gasteiger charge is -2.26. The maximum absolute atomic E-state index is 12.8. The van der Waals surface area contributed by atoms with Gasteiger partial charge >= 0.3 is 6.03 Å². The molecule has 9 heteroatoms. The third kappa shape index (κ3) is 4.85. The van der Waals surface area contributed by atoms with Crippen molar-refractivity contribution < 1.29 is 13.2 Å². The second-order valence-electron chi connectivity index (χ2n) is 7.92. The highest BCUT2D eigenvalue weighted by molar-refractivity contribution is 7.89. The molecule has 0 fully saturated rings. The zero-order valence-corrected chi connectivity index (χ0v) is 19.6. The first kappa shape index (κ1) is 22.4. The van der Waals surface area contributed by atoms with Gasteiger partial charge in [0, 0.05) is 24.4 Å². The second kappa shape index (κ2) is 9.40. The average Bonchev–Trinajstić information content (AvgIpc) is 3.20. The van der Waals surface area contributed by atoms with Gasteiger partial charge in [0.2, 0.25) is 10.0 Å². The molecule has 0 atom stereocenters. The molecule has 32 heavy (non-hydrogen) atoms. The van der Waals surface area contributed by atoms with Gasteiger partial charge in [-0.3, -0.25) is 5.32 Å². The Morgan fingerprint density at radius 3 is 2.19 bits per heavy atom. The summed E-state index contributed by atoms with van der Waals surface area (Å²) in [6.45, 7) is 4.08. The molecular formula is C23H26N4O3S2. The van der Waals surface area contributed by atoms with Gasteiger partial charge in [0.15, 0.2) is 5.13 Å². The van der Waals surface area contributed by atoms with Gasteiger partial charge in [0.1, 0.15) is 0 Å². The predicted octanol–water partition coefficient (Wildman–Crippen LogP) is 4.15. The predicted molar refractivity (Wildman–Crippen MR) is 127 cm³/mol. The van der Waals surface area contributed by atoms with E-state index in [-0.39, 0.29) is 12.1 Å². The molecule has 0 aliphatic carbocycles. The van der Waals surface area contributed by atoms with Crippen molar-refractivity contribution in [2.45, 2.75) is 38.1 Å². The molecule has 168 valence electrons. The molecule has 7 nitrogen and oxygen atoms in total. The first-order valence-electron chi connectivity index (χ1n) is 10.5. The van der Waals surface area contributed by atoms with Gasteiger partial charge < -0.3 is 5.32 Å². The van der Waals surface area contributed by atoms with Gasteiger partial charge in [-0.25, -0.2) is 18.2 Å². The summed E-state index contributed by atoms with van der Waals surface area (Å²) in [5, 5.41) is 5.88. The Kier molecular flexibility index (Phi) is 6.59. The van der Waals surface area contributed by atoms with E-state index in [0.29, 0.717) is 24.6 Å². The Morgan fingerprint density at radius 2 is 1.62 bits per heavy atom. The van der Waals surface area contributed by atoms with Crippen LogP contribution in [0.1, 0.15) is 41.6 Å². The first-order valence-corrected chi connectivity index (χ1v) is 12.8. The van der Waals surface area contributed by atoms with Gasteiger partial charge in [0.25, 0.3) is 0 Å². The molecule has 0 bridgehead atoms. The zero-order valence-electron chi connectivity index (χ0n) is 18.0. The molecule has 0 spiro atoms. The number of anilines is 1. The van der Waals surface area contributed by atoms with Gasteiger partial charge in [-0.1, -0.05) is 72.0 Å². The second-order valence-corrected chi connectivity index (χ2v) is 11.5. The lowest BCUT2D eigenvalue weighted by molar-refractivity contribution is 0.250. The quantitative estimate of drug-likeness (QED) is 0.566. The molecule has 2 N–H and O–H groups in total. The Hall–Kier alpha value is -2.75. The highest BCUT2D eigenvalue weighted by Gasteiger charge is 2.31. The van der Waals surface area contributed by atoms with E-state index in [1.165, 1.54) is 15.6 Å². The summed E-state index contributed by atoms with van der Waals surface area (Å²) in [5.41, 5.74) is 2.80. The maximum Gasteiger partial charge on any atom is 0.321 e. The lowest BCUT2D eigenvalue weighted by atomic mass is 9.99. The summed E-state index contributed by atoms with van der Waals surface area (Å²) in [7, 11) is -3.32. The van der Waals surface area contributed by atoms with Crippen LogP contribution in [0.15, 0.2) is 60.7 Å². The number of aromatic nitrogens is 1. The minimum Gasteiger partial charge on any atom is -0.327 e. The number of fused-ring (bicyclic) bond motifs is 1. The number of sulfonamides is 1. The van der Waals surface area contributed by atoms with Crippen LogP contribution in [-0.2, 0) is 23.0 Å². The van der Waals surface area contributed by atoms with Gasteiger partial charge in [0.05, 0.1) is 17.0 Å². The van der Waals surface area contributed by atoms with Crippen molar-refractivity contribution in [1.82, 2.24) is 14.6 Å². The van der Waals surface area contributed by atoms with Crippen LogP contribution in [-0.4, -0.2) is 35.5 Å². The number of hydrogen-bond acceptors (Lipinski definition) is 5. The summed E-state index contributed by atoms with van der Waals surface area (Å²) in [6.07, 6.45) is 0.539. The summed E-state index contributed by atoms with van der Waals surface area (Å²) in [4.78, 5) is 18.2. The van der Waals surface area contributed by atoms with Crippen LogP contribution in [0, 0.1) is 0 Å². The molecule has 0 saturated heterocycles. The SMILES string of the molecule is CC(C)S(=O)(=O)N1CCc2nc(NC(=O)NC(c3ccccc3)c3ccccc3)sc2C1. The molecule has 1 aromatic heterocycles. The van der Waals surface area contributed by atoms with Crippen molar-refractivity contribution in [2.75, 3.05) is 11.9 Å². The van der Waals surface area contributed by atoms with Crippen LogP contribution in [0.25, 0.3) is 0 Å². The third-order valence-corrected chi connectivity index (χ3v) is 8.63. The number of nitrogens with zero attached hydrogens (tertiary/aromatic N) is 2. The maximum atomic E-state index is 12.8. The Morgan fingerprint density at radius 1 is 1.03 bits per heavy atom. The molecule has 0 saturated carbocycles. The van der Waals surface area contributed by atoms with Crippen molar-refractivity contribution in [3.8, 4) is 0 Å². The standard InChI is InChI=1S/C23H26N4O3S2/c1-16(2)32(29,30)27-14-13-19-20(15-27)31-23(24-19)26-22(28)25-21(17-9-5-3-6-10-17)18-11-7-4-8-12-18/h3-12,16,21H,13-15H2,1-2H3,(H2,24,25,26,28). The van der Waals surface area contributed by atoms with E-state index >= 15 is 0 Å². The normalized spacial score (nSPS) is 14.4. The van der Waals surface area contributed by atoms with Crippen LogP contribution in [0.2, 0.25) is 0 Å².